The molecule has 0 aromatic rings. The molecule has 0 fully saturated rings. The fourth-order valence-electron chi connectivity index (χ4n) is 0.656. The number of halogens is 1. The zero-order valence-corrected chi connectivity index (χ0v) is 7.36. The maximum atomic E-state index is 11.4. The maximum absolute atomic E-state index is 11.4. The van der Waals surface area contributed by atoms with Crippen molar-refractivity contribution in [1.82, 2.24) is 0 Å². The molecule has 0 aliphatic rings. The minimum Gasteiger partial charge on any atom is -0.236 e. The molecule has 3 nitrogen and oxygen atoms in total. The minimum atomic E-state index is -3.58. The summed E-state index contributed by atoms with van der Waals surface area (Å²) in [6, 6.07) is 0. The van der Waals surface area contributed by atoms with E-state index < -0.39 is 17.0 Å². The Morgan fingerprint density at radius 1 is 1.36 bits per heavy atom. The van der Waals surface area contributed by atoms with Gasteiger partial charge in [-0.3, -0.25) is 0 Å². The second-order valence-electron chi connectivity index (χ2n) is 2.20. The Hall–Kier alpha value is -0.160. The molecule has 0 unspecified atom stereocenters. The topological polar surface area (TPSA) is 43.4 Å². The lowest BCUT2D eigenvalue weighted by molar-refractivity contribution is 0.198. The summed E-state index contributed by atoms with van der Waals surface area (Å²) in [6.07, 6.45) is 2.30. The Morgan fingerprint density at radius 3 is 2.45 bits per heavy atom. The van der Waals surface area contributed by atoms with Crippen molar-refractivity contribution in [3.63, 3.8) is 0 Å². The van der Waals surface area contributed by atoms with Crippen molar-refractivity contribution in [2.75, 3.05) is 12.6 Å². The van der Waals surface area contributed by atoms with E-state index in [2.05, 4.69) is 4.18 Å². The van der Waals surface area contributed by atoms with Crippen molar-refractivity contribution in [3.05, 3.63) is 0 Å². The third-order valence-corrected chi connectivity index (χ3v) is 2.46. The van der Waals surface area contributed by atoms with E-state index >= 15 is 0 Å². The van der Waals surface area contributed by atoms with Gasteiger partial charge in [-0.2, -0.15) is 8.42 Å². The average Bonchev–Trinajstić information content (AvgIpc) is 1.87. The highest BCUT2D eigenvalue weighted by atomic mass is 32.2. The van der Waals surface area contributed by atoms with Gasteiger partial charge in [0, 0.05) is 0 Å². The van der Waals surface area contributed by atoms with Gasteiger partial charge in [-0.15, -0.1) is 0 Å². The van der Waals surface area contributed by atoms with Gasteiger partial charge in [0.05, 0.1) is 5.75 Å². The third-order valence-electron chi connectivity index (χ3n) is 1.22. The highest BCUT2D eigenvalue weighted by Gasteiger charge is 2.09. The van der Waals surface area contributed by atoms with Crippen LogP contribution in [0.4, 0.5) is 4.39 Å². The van der Waals surface area contributed by atoms with E-state index in [1.165, 1.54) is 0 Å². The van der Waals surface area contributed by atoms with E-state index in [1.54, 1.807) is 0 Å². The fraction of sp³-hybridized carbons (Fsp3) is 1.00. The predicted molar refractivity (Wildman–Crippen MR) is 40.4 cm³/mol. The zero-order chi connectivity index (χ0) is 8.74. The van der Waals surface area contributed by atoms with Gasteiger partial charge in [0.2, 0.25) is 6.86 Å². The molecule has 0 aliphatic carbocycles. The van der Waals surface area contributed by atoms with Crippen molar-refractivity contribution in [3.8, 4) is 0 Å². The van der Waals surface area contributed by atoms with E-state index in [9.17, 15) is 12.8 Å². The summed E-state index contributed by atoms with van der Waals surface area (Å²) in [7, 11) is -3.58. The summed E-state index contributed by atoms with van der Waals surface area (Å²) in [5.41, 5.74) is 0. The molecule has 0 rings (SSSR count). The number of alkyl halides is 1. The quantitative estimate of drug-likeness (QED) is 0.463. The van der Waals surface area contributed by atoms with E-state index in [1.807, 2.05) is 6.92 Å². The van der Waals surface area contributed by atoms with Gasteiger partial charge < -0.3 is 0 Å². The van der Waals surface area contributed by atoms with Crippen LogP contribution < -0.4 is 0 Å². The van der Waals surface area contributed by atoms with Crippen molar-refractivity contribution < 1.29 is 17.0 Å². The van der Waals surface area contributed by atoms with Crippen molar-refractivity contribution in [2.24, 2.45) is 0 Å². The number of hydrogen-bond donors (Lipinski definition) is 0. The first kappa shape index (κ1) is 10.8. The molecule has 0 aromatic heterocycles. The van der Waals surface area contributed by atoms with Crippen LogP contribution in [0.25, 0.3) is 0 Å². The van der Waals surface area contributed by atoms with Crippen LogP contribution in [0, 0.1) is 0 Å². The molecule has 0 bridgehead atoms. The van der Waals surface area contributed by atoms with Crippen molar-refractivity contribution >= 4 is 10.1 Å². The Labute approximate surface area is 66.7 Å². The van der Waals surface area contributed by atoms with E-state index in [-0.39, 0.29) is 5.75 Å². The van der Waals surface area contributed by atoms with E-state index in [4.69, 9.17) is 0 Å². The summed E-state index contributed by atoms with van der Waals surface area (Å²) in [4.78, 5) is 0. The lowest BCUT2D eigenvalue weighted by atomic mass is 10.3. The van der Waals surface area contributed by atoms with Gasteiger partial charge in [-0.25, -0.2) is 8.57 Å². The zero-order valence-electron chi connectivity index (χ0n) is 6.55. The molecule has 0 radical (unpaired) electrons. The Bertz CT molecular complexity index is 176. The molecule has 0 spiro atoms. The summed E-state index contributed by atoms with van der Waals surface area (Å²) in [6.45, 7) is 0.705. The normalized spacial score (nSPS) is 11.8. The molecule has 5 heteroatoms. The molecular weight excluding hydrogens is 171 g/mol. The molecule has 0 aromatic carbocycles. The largest absolute Gasteiger partial charge is 0.269 e. The smallest absolute Gasteiger partial charge is 0.236 e. The van der Waals surface area contributed by atoms with Crippen molar-refractivity contribution in [2.45, 2.75) is 26.2 Å². The third kappa shape index (κ3) is 6.25. The van der Waals surface area contributed by atoms with Crippen LogP contribution >= 0.6 is 0 Å². The molecule has 68 valence electrons. The van der Waals surface area contributed by atoms with Crippen LogP contribution in [0.1, 0.15) is 26.2 Å². The van der Waals surface area contributed by atoms with Gasteiger partial charge in [-0.1, -0.05) is 19.8 Å². The first-order valence-electron chi connectivity index (χ1n) is 3.55. The summed E-state index contributed by atoms with van der Waals surface area (Å²) >= 11 is 0. The predicted octanol–water partition coefficient (Wildman–Crippen LogP) is 1.45. The molecule has 0 amide bonds. The Kier molecular flexibility index (Phi) is 5.41. The van der Waals surface area contributed by atoms with Gasteiger partial charge in [0.15, 0.2) is 0 Å². The maximum Gasteiger partial charge on any atom is 0.269 e. The van der Waals surface area contributed by atoms with Crippen LogP contribution in [0.15, 0.2) is 0 Å². The van der Waals surface area contributed by atoms with Gasteiger partial charge in [0.1, 0.15) is 0 Å². The number of unbranched alkanes of at least 4 members (excludes halogenated alkanes) is 2. The van der Waals surface area contributed by atoms with Crippen LogP contribution in [-0.2, 0) is 14.3 Å². The van der Waals surface area contributed by atoms with Crippen LogP contribution in [0.3, 0.4) is 0 Å². The fourth-order valence-corrected chi connectivity index (χ4v) is 1.47. The highest BCUT2D eigenvalue weighted by molar-refractivity contribution is 7.86. The molecule has 0 heterocycles. The minimum absolute atomic E-state index is 0.0786. The standard InChI is InChI=1S/C6H13FO3S/c1-2-3-4-5-11(8,9)10-6-7/h2-6H2,1H3. The first-order chi connectivity index (χ1) is 5.12. The average molecular weight is 184 g/mol. The van der Waals surface area contributed by atoms with Gasteiger partial charge in [-0.05, 0) is 6.42 Å². The van der Waals surface area contributed by atoms with Gasteiger partial charge >= 0.3 is 0 Å². The lowest BCUT2D eigenvalue weighted by Gasteiger charge is -1.99. The SMILES string of the molecule is CCCCCS(=O)(=O)OCF. The van der Waals surface area contributed by atoms with Crippen LogP contribution in [-0.4, -0.2) is 21.0 Å². The van der Waals surface area contributed by atoms with Gasteiger partial charge in [0.25, 0.3) is 10.1 Å². The van der Waals surface area contributed by atoms with E-state index in [0.717, 1.165) is 12.8 Å². The molecule has 0 N–H and O–H groups in total. The number of hydrogen-bond acceptors (Lipinski definition) is 3. The molecule has 0 saturated carbocycles. The molecule has 11 heavy (non-hydrogen) atoms. The first-order valence-corrected chi connectivity index (χ1v) is 5.13. The lowest BCUT2D eigenvalue weighted by Crippen LogP contribution is -2.09. The molecule has 0 aliphatic heterocycles. The van der Waals surface area contributed by atoms with E-state index in [0.29, 0.717) is 6.42 Å². The Balaban J connectivity index is 3.56. The monoisotopic (exact) mass is 184 g/mol. The summed E-state index contributed by atoms with van der Waals surface area (Å²) in [5, 5.41) is 0. The Morgan fingerprint density at radius 2 is 2.00 bits per heavy atom. The second kappa shape index (κ2) is 5.49. The van der Waals surface area contributed by atoms with Crippen LogP contribution in [0.2, 0.25) is 0 Å². The summed E-state index contributed by atoms with van der Waals surface area (Å²) < 4.78 is 36.6. The molecule has 0 saturated heterocycles. The van der Waals surface area contributed by atoms with Crippen LogP contribution in [0.5, 0.6) is 0 Å². The number of rotatable bonds is 6. The van der Waals surface area contributed by atoms with Crippen molar-refractivity contribution in [1.29, 1.82) is 0 Å². The molecular formula is C6H13FO3S. The second-order valence-corrected chi connectivity index (χ2v) is 3.96. The highest BCUT2D eigenvalue weighted by Crippen LogP contribution is 2.01. The molecule has 0 atom stereocenters. The summed E-state index contributed by atoms with van der Waals surface area (Å²) in [5.74, 6) is -0.0786.